The number of fused-ring (bicyclic) bond motifs is 2. The number of rotatable bonds is 3. The van der Waals surface area contributed by atoms with Crippen molar-refractivity contribution in [2.45, 2.75) is 0 Å². The van der Waals surface area contributed by atoms with E-state index in [-0.39, 0.29) is 0 Å². The monoisotopic (exact) mass is 306 g/mol. The van der Waals surface area contributed by atoms with Crippen molar-refractivity contribution in [2.24, 2.45) is 0 Å². The van der Waals surface area contributed by atoms with Crippen LogP contribution in [0.15, 0.2) is 97.1 Å². The van der Waals surface area contributed by atoms with E-state index in [0.717, 1.165) is 0 Å². The Morgan fingerprint density at radius 3 is 1.75 bits per heavy atom. The fourth-order valence-electron chi connectivity index (χ4n) is 2.96. The first-order valence-corrected chi connectivity index (χ1v) is 8.21. The predicted octanol–water partition coefficient (Wildman–Crippen LogP) is 6.72. The topological polar surface area (TPSA) is 0 Å². The second-order valence-electron chi connectivity index (χ2n) is 5.93. The average Bonchev–Trinajstić information content (AvgIpc) is 2.64. The number of hydrogen-bond donors (Lipinski definition) is 0. The molecule has 0 unspecified atom stereocenters. The Morgan fingerprint density at radius 2 is 1.00 bits per heavy atom. The van der Waals surface area contributed by atoms with Crippen molar-refractivity contribution in [3.8, 4) is 0 Å². The molecule has 0 nitrogen and oxygen atoms in total. The van der Waals surface area contributed by atoms with Crippen LogP contribution in [-0.2, 0) is 0 Å². The first kappa shape index (κ1) is 14.5. The van der Waals surface area contributed by atoms with Gasteiger partial charge in [0.25, 0.3) is 0 Å². The molecule has 0 bridgehead atoms. The fourth-order valence-corrected chi connectivity index (χ4v) is 2.96. The van der Waals surface area contributed by atoms with Gasteiger partial charge in [0.2, 0.25) is 0 Å². The SMILES string of the molecule is C(/C=C/c1ccc2cc3ccccc3cc2c1)=C\c1ccccc1. The van der Waals surface area contributed by atoms with Gasteiger partial charge in [-0.3, -0.25) is 0 Å². The maximum Gasteiger partial charge on any atom is -0.0172 e. The molecule has 0 heteroatoms. The molecule has 0 atom stereocenters. The van der Waals surface area contributed by atoms with Crippen molar-refractivity contribution in [3.05, 3.63) is 108 Å². The average molecular weight is 306 g/mol. The Morgan fingerprint density at radius 1 is 0.417 bits per heavy atom. The molecule has 0 aliphatic heterocycles. The van der Waals surface area contributed by atoms with Gasteiger partial charge in [-0.05, 0) is 50.9 Å². The van der Waals surface area contributed by atoms with Crippen molar-refractivity contribution >= 4 is 33.7 Å². The summed E-state index contributed by atoms with van der Waals surface area (Å²) in [5.41, 5.74) is 2.43. The minimum Gasteiger partial charge on any atom is -0.0622 e. The van der Waals surface area contributed by atoms with E-state index in [1.807, 2.05) is 6.07 Å². The van der Waals surface area contributed by atoms with Crippen LogP contribution in [0.1, 0.15) is 11.1 Å². The second-order valence-corrected chi connectivity index (χ2v) is 5.93. The summed E-state index contributed by atoms with van der Waals surface area (Å²) in [7, 11) is 0. The number of hydrogen-bond acceptors (Lipinski definition) is 0. The third kappa shape index (κ3) is 3.13. The highest BCUT2D eigenvalue weighted by Crippen LogP contribution is 2.24. The van der Waals surface area contributed by atoms with Crippen molar-refractivity contribution in [1.29, 1.82) is 0 Å². The molecule has 0 amide bonds. The van der Waals surface area contributed by atoms with Crippen molar-refractivity contribution in [1.82, 2.24) is 0 Å². The van der Waals surface area contributed by atoms with Gasteiger partial charge in [-0.2, -0.15) is 0 Å². The third-order valence-corrected chi connectivity index (χ3v) is 4.22. The van der Waals surface area contributed by atoms with E-state index in [9.17, 15) is 0 Å². The summed E-state index contributed by atoms with van der Waals surface area (Å²) in [6.07, 6.45) is 8.44. The van der Waals surface area contributed by atoms with Gasteiger partial charge in [-0.1, -0.05) is 91.0 Å². The zero-order valence-electron chi connectivity index (χ0n) is 13.4. The molecule has 0 aromatic heterocycles. The molecule has 0 aliphatic carbocycles. The van der Waals surface area contributed by atoms with E-state index in [2.05, 4.69) is 103 Å². The van der Waals surface area contributed by atoms with Crippen molar-refractivity contribution in [2.75, 3.05) is 0 Å². The predicted molar refractivity (Wildman–Crippen MR) is 106 cm³/mol. The summed E-state index contributed by atoms with van der Waals surface area (Å²) in [6, 6.07) is 30.0. The van der Waals surface area contributed by atoms with Crippen LogP contribution < -0.4 is 0 Å². The molecule has 24 heavy (non-hydrogen) atoms. The van der Waals surface area contributed by atoms with Crippen LogP contribution in [0.5, 0.6) is 0 Å². The highest BCUT2D eigenvalue weighted by molar-refractivity contribution is 5.98. The fraction of sp³-hybridized carbons (Fsp3) is 0. The van der Waals surface area contributed by atoms with Gasteiger partial charge in [0, 0.05) is 0 Å². The lowest BCUT2D eigenvalue weighted by Crippen LogP contribution is -1.78. The van der Waals surface area contributed by atoms with E-state index >= 15 is 0 Å². The Hall–Kier alpha value is -3.12. The van der Waals surface area contributed by atoms with Gasteiger partial charge in [0.1, 0.15) is 0 Å². The maximum absolute atomic E-state index is 2.27. The number of allylic oxidation sites excluding steroid dienone is 2. The first-order valence-electron chi connectivity index (χ1n) is 8.21. The largest absolute Gasteiger partial charge is 0.0622 e. The van der Waals surface area contributed by atoms with Crippen LogP contribution in [0, 0.1) is 0 Å². The minimum absolute atomic E-state index is 1.21. The molecule has 0 spiro atoms. The molecule has 4 rings (SSSR count). The summed E-state index contributed by atoms with van der Waals surface area (Å²) in [6.45, 7) is 0. The van der Waals surface area contributed by atoms with E-state index in [1.165, 1.54) is 32.7 Å². The normalized spacial score (nSPS) is 11.8. The maximum atomic E-state index is 2.27. The van der Waals surface area contributed by atoms with E-state index in [0.29, 0.717) is 0 Å². The number of benzene rings is 4. The van der Waals surface area contributed by atoms with Crippen LogP contribution in [0.3, 0.4) is 0 Å². The van der Waals surface area contributed by atoms with Gasteiger partial charge in [0.15, 0.2) is 0 Å². The first-order chi connectivity index (χ1) is 11.9. The molecule has 114 valence electrons. The second kappa shape index (κ2) is 6.55. The van der Waals surface area contributed by atoms with Gasteiger partial charge in [-0.25, -0.2) is 0 Å². The zero-order valence-corrected chi connectivity index (χ0v) is 13.4. The van der Waals surface area contributed by atoms with Crippen LogP contribution in [-0.4, -0.2) is 0 Å². The standard InChI is InChI=1S/C24H18/c1-2-8-19(9-3-1)10-4-5-11-20-14-15-23-17-21-12-6-7-13-22(21)18-24(23)16-20/h1-18H/b10-4+,11-5+. The van der Waals surface area contributed by atoms with Gasteiger partial charge in [-0.15, -0.1) is 0 Å². The molecule has 0 saturated carbocycles. The Labute approximate surface area is 142 Å². The smallest absolute Gasteiger partial charge is 0.0172 e. The molecule has 0 radical (unpaired) electrons. The van der Waals surface area contributed by atoms with Crippen molar-refractivity contribution in [3.63, 3.8) is 0 Å². The zero-order chi connectivity index (χ0) is 16.2. The molecular formula is C24H18. The summed E-state index contributed by atoms with van der Waals surface area (Å²) in [5.74, 6) is 0. The molecule has 0 saturated heterocycles. The highest BCUT2D eigenvalue weighted by Gasteiger charge is 1.98. The minimum atomic E-state index is 1.21. The quantitative estimate of drug-likeness (QED) is 0.291. The van der Waals surface area contributed by atoms with Crippen LogP contribution in [0.25, 0.3) is 33.7 Å². The molecule has 0 heterocycles. The van der Waals surface area contributed by atoms with Crippen molar-refractivity contribution < 1.29 is 0 Å². The van der Waals surface area contributed by atoms with E-state index in [4.69, 9.17) is 0 Å². The summed E-state index contributed by atoms with van der Waals surface area (Å²) >= 11 is 0. The van der Waals surface area contributed by atoms with E-state index < -0.39 is 0 Å². The van der Waals surface area contributed by atoms with Crippen LogP contribution in [0.4, 0.5) is 0 Å². The Balaban J connectivity index is 1.61. The lowest BCUT2D eigenvalue weighted by atomic mass is 10.0. The lowest BCUT2D eigenvalue weighted by Gasteiger charge is -2.03. The molecular weight excluding hydrogens is 288 g/mol. The summed E-state index contributed by atoms with van der Waals surface area (Å²) < 4.78 is 0. The summed E-state index contributed by atoms with van der Waals surface area (Å²) in [4.78, 5) is 0. The van der Waals surface area contributed by atoms with Crippen LogP contribution >= 0.6 is 0 Å². The van der Waals surface area contributed by atoms with Gasteiger partial charge < -0.3 is 0 Å². The third-order valence-electron chi connectivity index (χ3n) is 4.22. The van der Waals surface area contributed by atoms with E-state index in [1.54, 1.807) is 0 Å². The van der Waals surface area contributed by atoms with Gasteiger partial charge >= 0.3 is 0 Å². The summed E-state index contributed by atoms with van der Waals surface area (Å²) in [5, 5.41) is 5.14. The molecule has 0 N–H and O–H groups in total. The Kier molecular flexibility index (Phi) is 3.95. The van der Waals surface area contributed by atoms with Gasteiger partial charge in [0.05, 0.1) is 0 Å². The molecule has 0 fully saturated rings. The highest BCUT2D eigenvalue weighted by atomic mass is 14.0. The Bertz CT molecular complexity index is 1040. The molecule has 4 aromatic carbocycles. The molecule has 4 aromatic rings. The lowest BCUT2D eigenvalue weighted by molar-refractivity contribution is 1.66. The molecule has 0 aliphatic rings. The van der Waals surface area contributed by atoms with Crippen LogP contribution in [0.2, 0.25) is 0 Å².